The van der Waals surface area contributed by atoms with Gasteiger partial charge in [-0.2, -0.15) is 0 Å². The van der Waals surface area contributed by atoms with Crippen molar-refractivity contribution in [3.8, 4) is 17.1 Å². The van der Waals surface area contributed by atoms with E-state index in [1.807, 2.05) is 77.4 Å². The van der Waals surface area contributed by atoms with Crippen molar-refractivity contribution in [2.24, 2.45) is 0 Å². The fraction of sp³-hybridized carbons (Fsp3) is 0.179. The minimum absolute atomic E-state index is 0.0565. The first-order valence-corrected chi connectivity index (χ1v) is 12.4. The number of amides is 1. The number of ether oxygens (including phenoxy) is 1. The van der Waals surface area contributed by atoms with E-state index in [0.717, 1.165) is 29.1 Å². The molecule has 0 radical (unpaired) electrons. The molecule has 1 atom stereocenters. The monoisotopic (exact) mass is 484 g/mol. The highest BCUT2D eigenvalue weighted by molar-refractivity contribution is 7.99. The van der Waals surface area contributed by atoms with Crippen molar-refractivity contribution in [2.45, 2.75) is 24.2 Å². The molecule has 1 heterocycles. The highest BCUT2D eigenvalue weighted by atomic mass is 32.2. The van der Waals surface area contributed by atoms with E-state index in [4.69, 9.17) is 4.74 Å². The number of hydrogen-bond donors (Lipinski definition) is 1. The van der Waals surface area contributed by atoms with Crippen molar-refractivity contribution >= 4 is 17.7 Å². The van der Waals surface area contributed by atoms with E-state index in [2.05, 4.69) is 34.2 Å². The Hall–Kier alpha value is -3.84. The third-order valence-corrected chi connectivity index (χ3v) is 6.50. The topological polar surface area (TPSA) is 69.0 Å². The van der Waals surface area contributed by atoms with Gasteiger partial charge in [-0.1, -0.05) is 78.5 Å². The molecule has 178 valence electrons. The van der Waals surface area contributed by atoms with Crippen LogP contribution in [0.1, 0.15) is 17.2 Å². The number of carbonyl (C=O) groups is 1. The first-order chi connectivity index (χ1) is 17.2. The maximum absolute atomic E-state index is 13.0. The van der Waals surface area contributed by atoms with Gasteiger partial charge >= 0.3 is 0 Å². The van der Waals surface area contributed by atoms with Crippen LogP contribution in [0.3, 0.4) is 0 Å². The molecule has 4 rings (SSSR count). The highest BCUT2D eigenvalue weighted by Gasteiger charge is 2.18. The molecule has 1 aromatic heterocycles. The summed E-state index contributed by atoms with van der Waals surface area (Å²) >= 11 is 1.37. The van der Waals surface area contributed by atoms with Crippen LogP contribution in [0.4, 0.5) is 0 Å². The standard InChI is InChI=1S/C28H28N4O2S/c1-3-18-32-27(23-14-16-24(34-2)17-15-23)30-31-28(32)35-20-26(33)29-25(22-12-8-5-9-13-22)19-21-10-6-4-7-11-21/h3-17,25H,1,18-20H2,2H3,(H,29,33)/t25-/m0/s1. The Balaban J connectivity index is 1.46. The summed E-state index contributed by atoms with van der Waals surface area (Å²) in [6, 6.07) is 27.8. The van der Waals surface area contributed by atoms with Gasteiger partial charge in [0.25, 0.3) is 0 Å². The summed E-state index contributed by atoms with van der Waals surface area (Å²) in [5, 5.41) is 12.6. The molecule has 0 unspecified atom stereocenters. The normalized spacial score (nSPS) is 11.6. The molecular weight excluding hydrogens is 456 g/mol. The molecule has 35 heavy (non-hydrogen) atoms. The van der Waals surface area contributed by atoms with Gasteiger partial charge < -0.3 is 10.1 Å². The summed E-state index contributed by atoms with van der Waals surface area (Å²) in [4.78, 5) is 13.0. The summed E-state index contributed by atoms with van der Waals surface area (Å²) < 4.78 is 7.21. The van der Waals surface area contributed by atoms with E-state index in [9.17, 15) is 4.79 Å². The third kappa shape index (κ3) is 6.39. The number of carbonyl (C=O) groups excluding carboxylic acids is 1. The maximum Gasteiger partial charge on any atom is 0.230 e. The first-order valence-electron chi connectivity index (χ1n) is 11.4. The van der Waals surface area contributed by atoms with Crippen molar-refractivity contribution in [3.05, 3.63) is 109 Å². The van der Waals surface area contributed by atoms with Crippen molar-refractivity contribution in [3.63, 3.8) is 0 Å². The van der Waals surface area contributed by atoms with Crippen LogP contribution >= 0.6 is 11.8 Å². The number of rotatable bonds is 11. The Morgan fingerprint density at radius 3 is 2.37 bits per heavy atom. The van der Waals surface area contributed by atoms with E-state index in [-0.39, 0.29) is 17.7 Å². The average molecular weight is 485 g/mol. The molecule has 0 saturated carbocycles. The number of thioether (sulfide) groups is 1. The molecular formula is C28H28N4O2S. The Kier molecular flexibility index (Phi) is 8.35. The highest BCUT2D eigenvalue weighted by Crippen LogP contribution is 2.26. The molecule has 0 spiro atoms. The van der Waals surface area contributed by atoms with E-state index >= 15 is 0 Å². The molecule has 0 aliphatic carbocycles. The van der Waals surface area contributed by atoms with Crippen LogP contribution in [0.5, 0.6) is 5.75 Å². The molecule has 0 saturated heterocycles. The van der Waals surface area contributed by atoms with Crippen LogP contribution < -0.4 is 10.1 Å². The lowest BCUT2D eigenvalue weighted by Gasteiger charge is -2.19. The number of methoxy groups -OCH3 is 1. The molecule has 6 nitrogen and oxygen atoms in total. The first kappa shape index (κ1) is 24.3. The SMILES string of the molecule is C=CCn1c(SCC(=O)N[C@@H](Cc2ccccc2)c2ccccc2)nnc1-c1ccc(OC)cc1. The van der Waals surface area contributed by atoms with E-state index in [1.54, 1.807) is 13.2 Å². The number of nitrogens with one attached hydrogen (secondary N) is 1. The lowest BCUT2D eigenvalue weighted by atomic mass is 9.99. The summed E-state index contributed by atoms with van der Waals surface area (Å²) in [6.07, 6.45) is 2.52. The molecule has 1 amide bonds. The lowest BCUT2D eigenvalue weighted by Crippen LogP contribution is -2.31. The average Bonchev–Trinajstić information content (AvgIpc) is 3.31. The van der Waals surface area contributed by atoms with Gasteiger partial charge in [0.15, 0.2) is 11.0 Å². The molecule has 1 N–H and O–H groups in total. The zero-order chi connectivity index (χ0) is 24.5. The predicted octanol–water partition coefficient (Wildman–Crippen LogP) is 5.33. The van der Waals surface area contributed by atoms with Crippen molar-refractivity contribution in [2.75, 3.05) is 12.9 Å². The summed E-state index contributed by atoms with van der Waals surface area (Å²) in [5.74, 6) is 1.68. The zero-order valence-corrected chi connectivity index (χ0v) is 20.4. The number of hydrogen-bond acceptors (Lipinski definition) is 5. The summed E-state index contributed by atoms with van der Waals surface area (Å²) in [7, 11) is 1.64. The second-order valence-corrected chi connectivity index (χ2v) is 8.89. The number of aromatic nitrogens is 3. The lowest BCUT2D eigenvalue weighted by molar-refractivity contribution is -0.119. The van der Waals surface area contributed by atoms with Gasteiger partial charge in [-0.25, -0.2) is 0 Å². The molecule has 3 aromatic carbocycles. The van der Waals surface area contributed by atoms with E-state index < -0.39 is 0 Å². The van der Waals surface area contributed by atoms with E-state index in [1.165, 1.54) is 17.3 Å². The van der Waals surface area contributed by atoms with Gasteiger partial charge in [0.05, 0.1) is 18.9 Å². The Morgan fingerprint density at radius 1 is 1.03 bits per heavy atom. The molecule has 4 aromatic rings. The summed E-state index contributed by atoms with van der Waals surface area (Å²) in [6.45, 7) is 4.40. The predicted molar refractivity (Wildman–Crippen MR) is 140 cm³/mol. The fourth-order valence-electron chi connectivity index (χ4n) is 3.80. The fourth-order valence-corrected chi connectivity index (χ4v) is 4.56. The van der Waals surface area contributed by atoms with Gasteiger partial charge in [-0.05, 0) is 41.8 Å². The smallest absolute Gasteiger partial charge is 0.230 e. The van der Waals surface area contributed by atoms with E-state index in [0.29, 0.717) is 11.7 Å². The van der Waals surface area contributed by atoms with Crippen LogP contribution in [0.15, 0.2) is 103 Å². The minimum Gasteiger partial charge on any atom is -0.497 e. The van der Waals surface area contributed by atoms with Crippen LogP contribution in [-0.4, -0.2) is 33.5 Å². The molecule has 0 aliphatic heterocycles. The Morgan fingerprint density at radius 2 is 1.71 bits per heavy atom. The number of benzene rings is 3. The van der Waals surface area contributed by atoms with Crippen LogP contribution in [0, 0.1) is 0 Å². The van der Waals surface area contributed by atoms with Crippen LogP contribution in [-0.2, 0) is 17.8 Å². The van der Waals surface area contributed by atoms with Crippen LogP contribution in [0.25, 0.3) is 11.4 Å². The quantitative estimate of drug-likeness (QED) is 0.230. The number of nitrogens with zero attached hydrogens (tertiary/aromatic N) is 3. The van der Waals surface area contributed by atoms with Crippen LogP contribution in [0.2, 0.25) is 0 Å². The van der Waals surface area contributed by atoms with Crippen molar-refractivity contribution < 1.29 is 9.53 Å². The van der Waals surface area contributed by atoms with Gasteiger partial charge in [-0.15, -0.1) is 16.8 Å². The minimum atomic E-state index is -0.118. The Bertz CT molecular complexity index is 1240. The molecule has 7 heteroatoms. The van der Waals surface area contributed by atoms with Gasteiger partial charge in [0, 0.05) is 12.1 Å². The van der Waals surface area contributed by atoms with Gasteiger partial charge in [-0.3, -0.25) is 9.36 Å². The molecule has 0 aliphatic rings. The third-order valence-electron chi connectivity index (χ3n) is 5.53. The van der Waals surface area contributed by atoms with Gasteiger partial charge in [0.1, 0.15) is 5.75 Å². The molecule has 0 bridgehead atoms. The summed E-state index contributed by atoms with van der Waals surface area (Å²) in [5.41, 5.74) is 3.17. The number of allylic oxidation sites excluding steroid dienone is 1. The zero-order valence-electron chi connectivity index (χ0n) is 19.6. The second kappa shape index (κ2) is 12.0. The Labute approximate surface area is 210 Å². The maximum atomic E-state index is 13.0. The second-order valence-electron chi connectivity index (χ2n) is 7.94. The van der Waals surface area contributed by atoms with Crippen molar-refractivity contribution in [1.82, 2.24) is 20.1 Å². The molecule has 0 fully saturated rings. The van der Waals surface area contributed by atoms with Crippen molar-refractivity contribution in [1.29, 1.82) is 0 Å². The largest absolute Gasteiger partial charge is 0.497 e. The van der Waals surface area contributed by atoms with Gasteiger partial charge in [0.2, 0.25) is 5.91 Å².